The highest BCUT2D eigenvalue weighted by Crippen LogP contribution is 2.34. The molecule has 3 nitrogen and oxygen atoms in total. The van der Waals surface area contributed by atoms with Gasteiger partial charge in [-0.05, 0) is 24.6 Å². The Morgan fingerprint density at radius 1 is 1.57 bits per heavy atom. The van der Waals surface area contributed by atoms with Crippen molar-refractivity contribution in [2.75, 3.05) is 6.61 Å². The lowest BCUT2D eigenvalue weighted by Crippen LogP contribution is -2.35. The largest absolute Gasteiger partial charge is 0.490 e. The summed E-state index contributed by atoms with van der Waals surface area (Å²) in [7, 11) is 0. The maximum atomic E-state index is 9.52. The average molecular weight is 258 g/mol. The molecule has 0 fully saturated rings. The van der Waals surface area contributed by atoms with Gasteiger partial charge in [0.2, 0.25) is 0 Å². The van der Waals surface area contributed by atoms with E-state index in [9.17, 15) is 5.11 Å². The molecule has 0 unspecified atom stereocenters. The van der Waals surface area contributed by atoms with Gasteiger partial charge in [0.15, 0.2) is 0 Å². The van der Waals surface area contributed by atoms with Gasteiger partial charge in [0.25, 0.3) is 0 Å². The number of aliphatic hydroxyl groups is 1. The predicted octanol–water partition coefficient (Wildman–Crippen LogP) is 1.51. The molecule has 0 spiro atoms. The van der Waals surface area contributed by atoms with E-state index >= 15 is 0 Å². The molecular formula is C10H12BrNO2. The minimum Gasteiger partial charge on any atom is -0.490 e. The van der Waals surface area contributed by atoms with Crippen molar-refractivity contribution in [3.05, 3.63) is 27.7 Å². The monoisotopic (exact) mass is 257 g/mol. The van der Waals surface area contributed by atoms with Crippen LogP contribution in [-0.4, -0.2) is 17.8 Å². The van der Waals surface area contributed by atoms with Gasteiger partial charge in [-0.15, -0.1) is 0 Å². The van der Waals surface area contributed by atoms with Gasteiger partial charge < -0.3 is 15.6 Å². The van der Waals surface area contributed by atoms with E-state index in [1.165, 1.54) is 0 Å². The fourth-order valence-electron chi connectivity index (χ4n) is 1.56. The van der Waals surface area contributed by atoms with E-state index in [-0.39, 0.29) is 12.6 Å². The Hall–Kier alpha value is -0.580. The highest BCUT2D eigenvalue weighted by Gasteiger charge is 2.26. The highest BCUT2D eigenvalue weighted by molar-refractivity contribution is 9.10. The SMILES string of the molecule is Cc1cc2c(cc1Br)OC[C@H](O)[C@@H]2N. The van der Waals surface area contributed by atoms with Crippen LogP contribution >= 0.6 is 15.9 Å². The zero-order valence-corrected chi connectivity index (χ0v) is 9.41. The van der Waals surface area contributed by atoms with Crippen LogP contribution < -0.4 is 10.5 Å². The number of rotatable bonds is 0. The van der Waals surface area contributed by atoms with Crippen LogP contribution in [0.2, 0.25) is 0 Å². The van der Waals surface area contributed by atoms with E-state index in [0.29, 0.717) is 0 Å². The number of aryl methyl sites for hydroxylation is 1. The summed E-state index contributed by atoms with van der Waals surface area (Å²) in [6, 6.07) is 3.51. The summed E-state index contributed by atoms with van der Waals surface area (Å²) in [5.41, 5.74) is 7.84. The zero-order chi connectivity index (χ0) is 10.3. The van der Waals surface area contributed by atoms with Crippen LogP contribution in [0, 0.1) is 6.92 Å². The van der Waals surface area contributed by atoms with Gasteiger partial charge in [-0.1, -0.05) is 15.9 Å². The van der Waals surface area contributed by atoms with Gasteiger partial charge in [0.05, 0.1) is 6.04 Å². The molecule has 0 aliphatic carbocycles. The van der Waals surface area contributed by atoms with Crippen LogP contribution in [0.5, 0.6) is 5.75 Å². The summed E-state index contributed by atoms with van der Waals surface area (Å²) in [6.45, 7) is 2.25. The Labute approximate surface area is 91.0 Å². The maximum absolute atomic E-state index is 9.52. The Bertz CT molecular complexity index is 367. The van der Waals surface area contributed by atoms with Crippen LogP contribution in [0.1, 0.15) is 17.2 Å². The first-order valence-electron chi connectivity index (χ1n) is 4.46. The van der Waals surface area contributed by atoms with Crippen molar-refractivity contribution in [3.63, 3.8) is 0 Å². The number of ether oxygens (including phenoxy) is 1. The minimum absolute atomic E-state index is 0.268. The molecule has 1 heterocycles. The zero-order valence-electron chi connectivity index (χ0n) is 7.83. The third-order valence-corrected chi connectivity index (χ3v) is 3.33. The molecule has 0 radical (unpaired) electrons. The fourth-order valence-corrected chi connectivity index (χ4v) is 1.88. The summed E-state index contributed by atoms with van der Waals surface area (Å²) in [5, 5.41) is 9.52. The molecule has 1 aromatic rings. The standard InChI is InChI=1S/C10H12BrNO2/c1-5-2-6-9(3-7(5)11)14-4-8(13)10(6)12/h2-3,8,10,13H,4,12H2,1H3/t8-,10+/m0/s1. The van der Waals surface area contributed by atoms with Gasteiger partial charge in [0, 0.05) is 10.0 Å². The number of fused-ring (bicyclic) bond motifs is 1. The van der Waals surface area contributed by atoms with Crippen LogP contribution in [-0.2, 0) is 0 Å². The fraction of sp³-hybridized carbons (Fsp3) is 0.400. The van der Waals surface area contributed by atoms with Crippen molar-refractivity contribution in [2.45, 2.75) is 19.1 Å². The van der Waals surface area contributed by atoms with Gasteiger partial charge in [-0.25, -0.2) is 0 Å². The lowest BCUT2D eigenvalue weighted by Gasteiger charge is -2.28. The third kappa shape index (κ3) is 1.54. The normalized spacial score (nSPS) is 25.4. The number of halogens is 1. The molecule has 14 heavy (non-hydrogen) atoms. The first kappa shape index (κ1) is 9.96. The molecule has 0 amide bonds. The van der Waals surface area contributed by atoms with E-state index in [2.05, 4.69) is 15.9 Å². The van der Waals surface area contributed by atoms with Crippen molar-refractivity contribution in [3.8, 4) is 5.75 Å². The average Bonchev–Trinajstić information content (AvgIpc) is 2.15. The Morgan fingerprint density at radius 2 is 2.29 bits per heavy atom. The maximum Gasteiger partial charge on any atom is 0.125 e. The highest BCUT2D eigenvalue weighted by atomic mass is 79.9. The molecule has 2 rings (SSSR count). The number of nitrogens with two attached hydrogens (primary N) is 1. The molecule has 1 aromatic carbocycles. The molecule has 3 N–H and O–H groups in total. The molecular weight excluding hydrogens is 246 g/mol. The van der Waals surface area contributed by atoms with Crippen molar-refractivity contribution in [1.82, 2.24) is 0 Å². The lowest BCUT2D eigenvalue weighted by molar-refractivity contribution is 0.0678. The van der Waals surface area contributed by atoms with Crippen molar-refractivity contribution in [1.29, 1.82) is 0 Å². The van der Waals surface area contributed by atoms with Crippen LogP contribution in [0.25, 0.3) is 0 Å². The third-order valence-electron chi connectivity index (χ3n) is 2.47. The molecule has 0 saturated heterocycles. The van der Waals surface area contributed by atoms with Gasteiger partial charge in [0.1, 0.15) is 18.5 Å². The van der Waals surface area contributed by atoms with Crippen molar-refractivity contribution in [2.24, 2.45) is 5.73 Å². The second-order valence-corrected chi connectivity index (χ2v) is 4.40. The second-order valence-electron chi connectivity index (χ2n) is 3.54. The molecule has 1 aliphatic rings. The Kier molecular flexibility index (Phi) is 2.51. The second kappa shape index (κ2) is 3.53. The van der Waals surface area contributed by atoms with E-state index < -0.39 is 6.10 Å². The summed E-state index contributed by atoms with van der Waals surface area (Å²) in [6.07, 6.45) is -0.608. The first-order valence-corrected chi connectivity index (χ1v) is 5.25. The molecule has 0 aromatic heterocycles. The Morgan fingerprint density at radius 3 is 3.00 bits per heavy atom. The van der Waals surface area contributed by atoms with E-state index in [0.717, 1.165) is 21.3 Å². The summed E-state index contributed by atoms with van der Waals surface area (Å²) in [4.78, 5) is 0. The Balaban J connectivity index is 2.50. The molecule has 76 valence electrons. The van der Waals surface area contributed by atoms with Crippen molar-refractivity contribution < 1.29 is 9.84 Å². The number of benzene rings is 1. The number of hydrogen-bond donors (Lipinski definition) is 2. The van der Waals surface area contributed by atoms with Crippen LogP contribution in [0.4, 0.5) is 0 Å². The molecule has 4 heteroatoms. The lowest BCUT2D eigenvalue weighted by atomic mass is 9.97. The van der Waals surface area contributed by atoms with Gasteiger partial charge in [-0.2, -0.15) is 0 Å². The van der Waals surface area contributed by atoms with Crippen LogP contribution in [0.3, 0.4) is 0 Å². The van der Waals surface area contributed by atoms with Gasteiger partial charge >= 0.3 is 0 Å². The van der Waals surface area contributed by atoms with Gasteiger partial charge in [-0.3, -0.25) is 0 Å². The summed E-state index contributed by atoms with van der Waals surface area (Å²) >= 11 is 3.43. The number of aliphatic hydroxyl groups excluding tert-OH is 1. The van der Waals surface area contributed by atoms with Crippen molar-refractivity contribution >= 4 is 15.9 Å². The summed E-state index contributed by atoms with van der Waals surface area (Å²) < 4.78 is 6.38. The number of hydrogen-bond acceptors (Lipinski definition) is 3. The molecule has 1 aliphatic heterocycles. The topological polar surface area (TPSA) is 55.5 Å². The predicted molar refractivity (Wildman–Crippen MR) is 57.3 cm³/mol. The molecule has 0 saturated carbocycles. The van der Waals surface area contributed by atoms with E-state index in [1.807, 2.05) is 19.1 Å². The van der Waals surface area contributed by atoms with Crippen LogP contribution in [0.15, 0.2) is 16.6 Å². The first-order chi connectivity index (χ1) is 6.59. The smallest absolute Gasteiger partial charge is 0.125 e. The summed E-state index contributed by atoms with van der Waals surface area (Å²) in [5.74, 6) is 0.764. The quantitative estimate of drug-likeness (QED) is 0.741. The van der Waals surface area contributed by atoms with E-state index in [1.54, 1.807) is 0 Å². The molecule has 2 atom stereocenters. The molecule has 0 bridgehead atoms. The minimum atomic E-state index is -0.608. The van der Waals surface area contributed by atoms with E-state index in [4.69, 9.17) is 10.5 Å².